The van der Waals surface area contributed by atoms with Crippen molar-refractivity contribution in [2.45, 2.75) is 0 Å². The maximum Gasteiger partial charge on any atom is 0.235 e. The molecule has 46 heavy (non-hydrogen) atoms. The molecule has 10 aromatic rings. The van der Waals surface area contributed by atoms with E-state index in [1.54, 1.807) is 0 Å². The maximum atomic E-state index is 5.33. The summed E-state index contributed by atoms with van der Waals surface area (Å²) in [6.45, 7) is 0. The summed E-state index contributed by atoms with van der Waals surface area (Å²) < 4.78 is 4.53. The van der Waals surface area contributed by atoms with E-state index in [1.807, 2.05) is 18.3 Å². The Kier molecular flexibility index (Phi) is 5.22. The molecular weight excluding hydrogens is 562 g/mol. The van der Waals surface area contributed by atoms with Gasteiger partial charge in [-0.25, -0.2) is 9.97 Å². The smallest absolute Gasteiger partial charge is 0.235 e. The number of aromatic nitrogens is 5. The maximum absolute atomic E-state index is 5.33. The van der Waals surface area contributed by atoms with E-state index in [-0.39, 0.29) is 0 Å². The molecule has 5 heteroatoms. The van der Waals surface area contributed by atoms with Crippen molar-refractivity contribution in [1.29, 1.82) is 0 Å². The third kappa shape index (κ3) is 3.60. The van der Waals surface area contributed by atoms with Crippen molar-refractivity contribution in [3.8, 4) is 22.9 Å². The molecule has 0 aliphatic heterocycles. The van der Waals surface area contributed by atoms with Gasteiger partial charge in [-0.3, -0.25) is 9.55 Å². The summed E-state index contributed by atoms with van der Waals surface area (Å²) in [4.78, 5) is 15.3. The molecule has 5 nitrogen and oxygen atoms in total. The average Bonchev–Trinajstić information content (AvgIpc) is 3.62. The first kappa shape index (κ1) is 25.0. The lowest BCUT2D eigenvalue weighted by atomic mass is 10.1. The first-order valence-electron chi connectivity index (χ1n) is 15.5. The molecule has 214 valence electrons. The number of pyridine rings is 1. The number of benzene rings is 6. The standard InChI is InChI=1S/C41H25N5/c1-2-13-29(14-3-1)45-35-18-8-6-15-30(35)32-24-28(20-21-37(32)45)39-40-34(17-10-22-42-40)43-41(44-39)46-36-19-9-7-16-31(36)33-23-26-11-4-5-12-27(26)25-38(33)46/h1-25H. The minimum absolute atomic E-state index is 0.629. The fourth-order valence-corrected chi connectivity index (χ4v) is 7.10. The number of hydrogen-bond donors (Lipinski definition) is 0. The molecular formula is C41H25N5. The fraction of sp³-hybridized carbons (Fsp3) is 0. The van der Waals surface area contributed by atoms with Crippen molar-refractivity contribution in [3.63, 3.8) is 0 Å². The van der Waals surface area contributed by atoms with Crippen LogP contribution in [0.4, 0.5) is 0 Å². The highest BCUT2D eigenvalue weighted by molar-refractivity contribution is 6.14. The van der Waals surface area contributed by atoms with Crippen molar-refractivity contribution in [1.82, 2.24) is 24.1 Å². The number of hydrogen-bond acceptors (Lipinski definition) is 3. The lowest BCUT2D eigenvalue weighted by Gasteiger charge is -2.12. The zero-order valence-corrected chi connectivity index (χ0v) is 24.7. The highest BCUT2D eigenvalue weighted by atomic mass is 15.2. The van der Waals surface area contributed by atoms with Gasteiger partial charge < -0.3 is 4.57 Å². The second-order valence-electron chi connectivity index (χ2n) is 11.7. The van der Waals surface area contributed by atoms with E-state index in [1.165, 1.54) is 37.8 Å². The lowest BCUT2D eigenvalue weighted by Crippen LogP contribution is -2.04. The summed E-state index contributed by atoms with van der Waals surface area (Å²) in [6, 6.07) is 51.3. The van der Waals surface area contributed by atoms with Crippen LogP contribution in [0.1, 0.15) is 0 Å². The largest absolute Gasteiger partial charge is 0.309 e. The predicted molar refractivity (Wildman–Crippen MR) is 189 cm³/mol. The summed E-state index contributed by atoms with van der Waals surface area (Å²) in [5.74, 6) is 0.629. The van der Waals surface area contributed by atoms with Crippen molar-refractivity contribution >= 4 is 65.4 Å². The Morgan fingerprint density at radius 2 is 1.09 bits per heavy atom. The molecule has 4 aromatic heterocycles. The zero-order chi connectivity index (χ0) is 30.2. The van der Waals surface area contributed by atoms with Gasteiger partial charge in [0.1, 0.15) is 11.2 Å². The van der Waals surface area contributed by atoms with Crippen LogP contribution in [0.5, 0.6) is 0 Å². The van der Waals surface area contributed by atoms with Crippen LogP contribution in [-0.2, 0) is 0 Å². The normalized spacial score (nSPS) is 11.9. The highest BCUT2D eigenvalue weighted by Crippen LogP contribution is 2.38. The fourth-order valence-electron chi connectivity index (χ4n) is 7.10. The molecule has 0 saturated heterocycles. The van der Waals surface area contributed by atoms with Crippen LogP contribution in [0.25, 0.3) is 88.3 Å². The van der Waals surface area contributed by atoms with Crippen molar-refractivity contribution in [2.75, 3.05) is 0 Å². The van der Waals surface area contributed by atoms with Gasteiger partial charge in [-0.1, -0.05) is 84.9 Å². The summed E-state index contributed by atoms with van der Waals surface area (Å²) >= 11 is 0. The van der Waals surface area contributed by atoms with Gasteiger partial charge in [-0.2, -0.15) is 0 Å². The number of nitrogens with zero attached hydrogens (tertiary/aromatic N) is 5. The summed E-state index contributed by atoms with van der Waals surface area (Å²) in [5, 5.41) is 7.12. The Bertz CT molecular complexity index is 2810. The molecule has 0 aliphatic carbocycles. The first-order valence-corrected chi connectivity index (χ1v) is 15.5. The number of rotatable bonds is 3. The molecule has 0 N–H and O–H groups in total. The van der Waals surface area contributed by atoms with E-state index in [2.05, 4.69) is 143 Å². The average molecular weight is 588 g/mol. The van der Waals surface area contributed by atoms with Crippen molar-refractivity contribution in [2.24, 2.45) is 0 Å². The van der Waals surface area contributed by atoms with Crippen LogP contribution in [0.15, 0.2) is 152 Å². The van der Waals surface area contributed by atoms with Crippen LogP contribution in [0.2, 0.25) is 0 Å². The van der Waals surface area contributed by atoms with Gasteiger partial charge in [-0.05, 0) is 71.4 Å². The zero-order valence-electron chi connectivity index (χ0n) is 24.7. The topological polar surface area (TPSA) is 48.5 Å². The Balaban J connectivity index is 1.27. The quantitative estimate of drug-likeness (QED) is 0.207. The summed E-state index contributed by atoms with van der Waals surface area (Å²) in [5.41, 5.74) is 9.01. The SMILES string of the molecule is c1ccc(-n2c3ccccc3c3cc(-c4nc(-n5c6ccccc6c6cc7ccccc7cc65)nc5cccnc45)ccc32)cc1. The predicted octanol–water partition coefficient (Wildman–Crippen LogP) is 10.0. The van der Waals surface area contributed by atoms with E-state index < -0.39 is 0 Å². The van der Waals surface area contributed by atoms with Crippen LogP contribution in [0.3, 0.4) is 0 Å². The van der Waals surface area contributed by atoms with Gasteiger partial charge in [0.15, 0.2) is 0 Å². The van der Waals surface area contributed by atoms with E-state index >= 15 is 0 Å². The van der Waals surface area contributed by atoms with E-state index in [0.717, 1.165) is 44.5 Å². The van der Waals surface area contributed by atoms with Crippen LogP contribution in [-0.4, -0.2) is 24.1 Å². The molecule has 0 amide bonds. The molecule has 0 saturated carbocycles. The Morgan fingerprint density at radius 1 is 0.435 bits per heavy atom. The first-order chi connectivity index (χ1) is 22.8. The van der Waals surface area contributed by atoms with Crippen LogP contribution < -0.4 is 0 Å². The molecule has 10 rings (SSSR count). The summed E-state index contributed by atoms with van der Waals surface area (Å²) in [6.07, 6.45) is 1.82. The van der Waals surface area contributed by atoms with E-state index in [4.69, 9.17) is 15.0 Å². The number of para-hydroxylation sites is 3. The molecule has 0 radical (unpaired) electrons. The molecule has 6 aromatic carbocycles. The Labute approximate surface area is 263 Å². The third-order valence-corrected chi connectivity index (χ3v) is 9.14. The van der Waals surface area contributed by atoms with Gasteiger partial charge >= 0.3 is 0 Å². The molecule has 0 aliphatic rings. The minimum atomic E-state index is 0.629. The van der Waals surface area contributed by atoms with Gasteiger partial charge in [-0.15, -0.1) is 0 Å². The Hall–Kier alpha value is -6.33. The molecule has 4 heterocycles. The molecule has 0 fully saturated rings. The molecule has 0 spiro atoms. The van der Waals surface area contributed by atoms with Crippen molar-refractivity contribution in [3.05, 3.63) is 152 Å². The lowest BCUT2D eigenvalue weighted by molar-refractivity contribution is 1.01. The summed E-state index contributed by atoms with van der Waals surface area (Å²) in [7, 11) is 0. The minimum Gasteiger partial charge on any atom is -0.309 e. The van der Waals surface area contributed by atoms with Crippen molar-refractivity contribution < 1.29 is 0 Å². The number of fused-ring (bicyclic) bond motifs is 8. The van der Waals surface area contributed by atoms with Gasteiger partial charge in [0.2, 0.25) is 5.95 Å². The second kappa shape index (κ2) is 9.58. The van der Waals surface area contributed by atoms with Gasteiger partial charge in [0.25, 0.3) is 0 Å². The highest BCUT2D eigenvalue weighted by Gasteiger charge is 2.19. The monoisotopic (exact) mass is 587 g/mol. The molecule has 0 atom stereocenters. The third-order valence-electron chi connectivity index (χ3n) is 9.14. The second-order valence-corrected chi connectivity index (χ2v) is 11.7. The van der Waals surface area contributed by atoms with Gasteiger partial charge in [0.05, 0.1) is 27.6 Å². The Morgan fingerprint density at radius 3 is 1.89 bits per heavy atom. The molecule has 0 unspecified atom stereocenters. The van der Waals surface area contributed by atoms with Crippen LogP contribution >= 0.6 is 0 Å². The molecule has 0 bridgehead atoms. The van der Waals surface area contributed by atoms with E-state index in [0.29, 0.717) is 5.95 Å². The van der Waals surface area contributed by atoms with E-state index in [9.17, 15) is 0 Å². The van der Waals surface area contributed by atoms with Gasteiger partial charge in [0, 0.05) is 39.0 Å². The van der Waals surface area contributed by atoms with Crippen LogP contribution in [0, 0.1) is 0 Å².